The monoisotopic (exact) mass is 231 g/mol. The average molecular weight is 232 g/mol. The van der Waals surface area contributed by atoms with Crippen molar-refractivity contribution in [1.82, 2.24) is 0 Å². The van der Waals surface area contributed by atoms with Gasteiger partial charge in [-0.2, -0.15) is 0 Å². The molecule has 0 saturated carbocycles. The molecule has 0 aliphatic rings. The average Bonchev–Trinajstić information content (AvgIpc) is 2.01. The van der Waals surface area contributed by atoms with Crippen LogP contribution in [0.25, 0.3) is 0 Å². The van der Waals surface area contributed by atoms with Crippen LogP contribution in [-0.4, -0.2) is 0 Å². The molecule has 1 rings (SSSR count). The first kappa shape index (κ1) is 14.4. The van der Waals surface area contributed by atoms with E-state index in [-0.39, 0.29) is 29.7 Å². The van der Waals surface area contributed by atoms with Gasteiger partial charge in [-0.1, -0.05) is 32.9 Å². The zero-order chi connectivity index (χ0) is 10.9. The van der Waals surface area contributed by atoms with E-state index in [2.05, 4.69) is 0 Å². The maximum Gasteiger partial charge on any atom is 0.128 e. The summed E-state index contributed by atoms with van der Waals surface area (Å²) in [6, 6.07) is 4.94. The van der Waals surface area contributed by atoms with E-state index < -0.39 is 0 Å². The van der Waals surface area contributed by atoms with Crippen LogP contribution >= 0.6 is 12.4 Å². The van der Waals surface area contributed by atoms with Crippen molar-refractivity contribution in [3.63, 3.8) is 0 Å². The summed E-state index contributed by atoms with van der Waals surface area (Å²) in [5.74, 6) is -0.201. The predicted octanol–water partition coefficient (Wildman–Crippen LogP) is 3.60. The molecule has 15 heavy (non-hydrogen) atoms. The molecular formula is C12H19ClFN. The standard InChI is InChI=1S/C12H18FN.ClH/c1-8-5-6-9(10(13)7-8)11(14)12(2,3)4;/h5-7,11H,14H2,1-4H3;1H/t11-;/m1./s1. The molecule has 0 fully saturated rings. The van der Waals surface area contributed by atoms with Crippen molar-refractivity contribution in [2.45, 2.75) is 33.7 Å². The van der Waals surface area contributed by atoms with Gasteiger partial charge in [-0.05, 0) is 24.0 Å². The van der Waals surface area contributed by atoms with E-state index in [1.165, 1.54) is 6.07 Å². The molecule has 1 nitrogen and oxygen atoms in total. The van der Waals surface area contributed by atoms with Crippen LogP contribution in [0.3, 0.4) is 0 Å². The SMILES string of the molecule is Cc1ccc([C@@H](N)C(C)(C)C)c(F)c1.Cl. The summed E-state index contributed by atoms with van der Waals surface area (Å²) in [7, 11) is 0. The van der Waals surface area contributed by atoms with Crippen molar-refractivity contribution >= 4 is 12.4 Å². The van der Waals surface area contributed by atoms with Gasteiger partial charge in [0.25, 0.3) is 0 Å². The highest BCUT2D eigenvalue weighted by Crippen LogP contribution is 2.31. The summed E-state index contributed by atoms with van der Waals surface area (Å²) in [5, 5.41) is 0. The number of nitrogens with two attached hydrogens (primary N) is 1. The number of hydrogen-bond donors (Lipinski definition) is 1. The first-order chi connectivity index (χ1) is 6.32. The van der Waals surface area contributed by atoms with Crippen molar-refractivity contribution in [3.05, 3.63) is 35.1 Å². The molecule has 2 N–H and O–H groups in total. The summed E-state index contributed by atoms with van der Waals surface area (Å²) < 4.78 is 13.6. The molecule has 0 radical (unpaired) electrons. The van der Waals surface area contributed by atoms with Gasteiger partial charge in [-0.15, -0.1) is 12.4 Å². The minimum absolute atomic E-state index is 0. The highest BCUT2D eigenvalue weighted by atomic mass is 35.5. The molecule has 0 bridgehead atoms. The lowest BCUT2D eigenvalue weighted by molar-refractivity contribution is 0.319. The van der Waals surface area contributed by atoms with Crippen LogP contribution in [0.15, 0.2) is 18.2 Å². The van der Waals surface area contributed by atoms with E-state index >= 15 is 0 Å². The topological polar surface area (TPSA) is 26.0 Å². The number of aryl methyl sites for hydroxylation is 1. The van der Waals surface area contributed by atoms with Crippen LogP contribution in [-0.2, 0) is 0 Å². The van der Waals surface area contributed by atoms with Gasteiger partial charge in [0.1, 0.15) is 5.82 Å². The van der Waals surface area contributed by atoms with Crippen molar-refractivity contribution in [2.24, 2.45) is 11.1 Å². The van der Waals surface area contributed by atoms with Crippen LogP contribution in [0.5, 0.6) is 0 Å². The fourth-order valence-electron chi connectivity index (χ4n) is 1.35. The second kappa shape index (κ2) is 4.95. The molecular weight excluding hydrogens is 213 g/mol. The van der Waals surface area contributed by atoms with Crippen molar-refractivity contribution in [2.75, 3.05) is 0 Å². The lowest BCUT2D eigenvalue weighted by Gasteiger charge is -2.27. The molecule has 3 heteroatoms. The molecule has 1 aromatic carbocycles. The first-order valence-electron chi connectivity index (χ1n) is 4.84. The molecule has 0 spiro atoms. The van der Waals surface area contributed by atoms with Crippen molar-refractivity contribution in [3.8, 4) is 0 Å². The third-order valence-electron chi connectivity index (χ3n) is 2.42. The van der Waals surface area contributed by atoms with Gasteiger partial charge < -0.3 is 5.73 Å². The molecule has 1 atom stereocenters. The molecule has 0 saturated heterocycles. The Morgan fingerprint density at radius 1 is 1.27 bits per heavy atom. The van der Waals surface area contributed by atoms with Crippen molar-refractivity contribution < 1.29 is 4.39 Å². The van der Waals surface area contributed by atoms with Crippen LogP contribution in [0.2, 0.25) is 0 Å². The Balaban J connectivity index is 0.00000196. The van der Waals surface area contributed by atoms with Gasteiger partial charge in [-0.3, -0.25) is 0 Å². The normalized spacial score (nSPS) is 13.2. The van der Waals surface area contributed by atoms with Gasteiger partial charge in [-0.25, -0.2) is 4.39 Å². The molecule has 0 heterocycles. The maximum atomic E-state index is 13.6. The second-order valence-electron chi connectivity index (χ2n) is 4.87. The van der Waals surface area contributed by atoms with Crippen molar-refractivity contribution in [1.29, 1.82) is 0 Å². The molecule has 0 aliphatic carbocycles. The van der Waals surface area contributed by atoms with Gasteiger partial charge in [0.2, 0.25) is 0 Å². The lowest BCUT2D eigenvalue weighted by atomic mass is 9.83. The molecule has 0 amide bonds. The van der Waals surface area contributed by atoms with Crippen LogP contribution in [0, 0.1) is 18.2 Å². The minimum Gasteiger partial charge on any atom is -0.323 e. The second-order valence-corrected chi connectivity index (χ2v) is 4.87. The van der Waals surface area contributed by atoms with E-state index in [1.807, 2.05) is 33.8 Å². The number of hydrogen-bond acceptors (Lipinski definition) is 1. The fraction of sp³-hybridized carbons (Fsp3) is 0.500. The summed E-state index contributed by atoms with van der Waals surface area (Å²) in [4.78, 5) is 0. The number of halogens is 2. The Labute approximate surface area is 97.3 Å². The quantitative estimate of drug-likeness (QED) is 0.785. The van der Waals surface area contributed by atoms with Crippen LogP contribution in [0.4, 0.5) is 4.39 Å². The summed E-state index contributed by atoms with van der Waals surface area (Å²) >= 11 is 0. The molecule has 0 aliphatic heterocycles. The maximum absolute atomic E-state index is 13.6. The Morgan fingerprint density at radius 2 is 1.80 bits per heavy atom. The van der Waals surface area contributed by atoms with Gasteiger partial charge >= 0.3 is 0 Å². The smallest absolute Gasteiger partial charge is 0.128 e. The number of rotatable bonds is 1. The third kappa shape index (κ3) is 3.47. The van der Waals surface area contributed by atoms with E-state index in [0.29, 0.717) is 5.56 Å². The molecule has 0 aromatic heterocycles. The summed E-state index contributed by atoms with van der Waals surface area (Å²) in [6.45, 7) is 7.90. The van der Waals surface area contributed by atoms with E-state index in [9.17, 15) is 4.39 Å². The molecule has 86 valence electrons. The molecule has 0 unspecified atom stereocenters. The first-order valence-corrected chi connectivity index (χ1v) is 4.84. The number of benzene rings is 1. The summed E-state index contributed by atoms with van der Waals surface area (Å²) in [5.41, 5.74) is 7.39. The third-order valence-corrected chi connectivity index (χ3v) is 2.42. The summed E-state index contributed by atoms with van der Waals surface area (Å²) in [6.07, 6.45) is 0. The zero-order valence-electron chi connectivity index (χ0n) is 9.67. The van der Waals surface area contributed by atoms with Gasteiger partial charge in [0.15, 0.2) is 0 Å². The molecule has 1 aromatic rings. The largest absolute Gasteiger partial charge is 0.323 e. The van der Waals surface area contributed by atoms with Gasteiger partial charge in [0.05, 0.1) is 0 Å². The van der Waals surface area contributed by atoms with E-state index in [1.54, 1.807) is 6.07 Å². The van der Waals surface area contributed by atoms with Crippen LogP contribution in [0.1, 0.15) is 37.9 Å². The van der Waals surface area contributed by atoms with E-state index in [4.69, 9.17) is 5.73 Å². The van der Waals surface area contributed by atoms with E-state index in [0.717, 1.165) is 5.56 Å². The minimum atomic E-state index is -0.261. The van der Waals surface area contributed by atoms with Gasteiger partial charge in [0, 0.05) is 11.6 Å². The predicted molar refractivity (Wildman–Crippen MR) is 64.8 cm³/mol. The highest BCUT2D eigenvalue weighted by Gasteiger charge is 2.24. The zero-order valence-corrected chi connectivity index (χ0v) is 10.5. The Hall–Kier alpha value is -0.600. The Bertz CT molecular complexity index is 331. The highest BCUT2D eigenvalue weighted by molar-refractivity contribution is 5.85. The lowest BCUT2D eigenvalue weighted by Crippen LogP contribution is -2.27. The van der Waals surface area contributed by atoms with Crippen LogP contribution < -0.4 is 5.73 Å². The Kier molecular flexibility index (Phi) is 4.75. The Morgan fingerprint density at radius 3 is 2.20 bits per heavy atom. The fourth-order valence-corrected chi connectivity index (χ4v) is 1.35.